The SMILES string of the molecule is COCN(C)CCc1ccc2nc(C)oc2c1. The minimum atomic E-state index is 0.656. The lowest BCUT2D eigenvalue weighted by molar-refractivity contribution is 0.0827. The first-order valence-corrected chi connectivity index (χ1v) is 5.72. The van der Waals surface area contributed by atoms with Gasteiger partial charge in [0, 0.05) is 20.6 Å². The van der Waals surface area contributed by atoms with Gasteiger partial charge in [-0.3, -0.25) is 4.90 Å². The number of methoxy groups -OCH3 is 1. The zero-order chi connectivity index (χ0) is 12.3. The van der Waals surface area contributed by atoms with Crippen LogP contribution in [-0.2, 0) is 11.2 Å². The van der Waals surface area contributed by atoms with Crippen LogP contribution in [0.4, 0.5) is 0 Å². The number of ether oxygens (including phenoxy) is 1. The quantitative estimate of drug-likeness (QED) is 0.743. The molecule has 4 heteroatoms. The van der Waals surface area contributed by atoms with Crippen molar-refractivity contribution in [3.05, 3.63) is 29.7 Å². The molecule has 0 unspecified atom stereocenters. The Hall–Kier alpha value is -1.39. The molecule has 1 aromatic heterocycles. The van der Waals surface area contributed by atoms with Crippen LogP contribution in [0.2, 0.25) is 0 Å². The van der Waals surface area contributed by atoms with Gasteiger partial charge in [-0.1, -0.05) is 6.07 Å². The molecule has 1 heterocycles. The van der Waals surface area contributed by atoms with E-state index < -0.39 is 0 Å². The number of hydrogen-bond acceptors (Lipinski definition) is 4. The van der Waals surface area contributed by atoms with E-state index in [-0.39, 0.29) is 0 Å². The summed E-state index contributed by atoms with van der Waals surface area (Å²) in [6.45, 7) is 3.49. The van der Waals surface area contributed by atoms with E-state index in [0.29, 0.717) is 12.6 Å². The molecule has 0 radical (unpaired) electrons. The van der Waals surface area contributed by atoms with E-state index in [4.69, 9.17) is 9.15 Å². The first kappa shape index (κ1) is 12.1. The standard InChI is InChI=1S/C13H18N2O2/c1-10-14-12-5-4-11(8-13(12)17-10)6-7-15(2)9-16-3/h4-5,8H,6-7,9H2,1-3H3. The first-order valence-electron chi connectivity index (χ1n) is 5.72. The van der Waals surface area contributed by atoms with Crippen LogP contribution in [0, 0.1) is 6.92 Å². The fourth-order valence-corrected chi connectivity index (χ4v) is 1.84. The van der Waals surface area contributed by atoms with Crippen molar-refractivity contribution in [2.75, 3.05) is 27.4 Å². The van der Waals surface area contributed by atoms with Crippen LogP contribution in [-0.4, -0.2) is 37.3 Å². The summed E-state index contributed by atoms with van der Waals surface area (Å²) in [6, 6.07) is 6.18. The molecule has 4 nitrogen and oxygen atoms in total. The number of nitrogens with zero attached hydrogens (tertiary/aromatic N) is 2. The van der Waals surface area contributed by atoms with Crippen LogP contribution < -0.4 is 0 Å². The van der Waals surface area contributed by atoms with Gasteiger partial charge in [0.05, 0.1) is 6.73 Å². The third-order valence-corrected chi connectivity index (χ3v) is 2.69. The zero-order valence-corrected chi connectivity index (χ0v) is 10.6. The van der Waals surface area contributed by atoms with Gasteiger partial charge in [-0.05, 0) is 31.2 Å². The maximum absolute atomic E-state index is 5.51. The zero-order valence-electron chi connectivity index (χ0n) is 10.6. The smallest absolute Gasteiger partial charge is 0.192 e. The van der Waals surface area contributed by atoms with Crippen LogP contribution in [0.5, 0.6) is 0 Å². The summed E-state index contributed by atoms with van der Waals surface area (Å²) >= 11 is 0. The molecule has 0 aliphatic carbocycles. The van der Waals surface area contributed by atoms with Gasteiger partial charge in [0.15, 0.2) is 11.5 Å². The lowest BCUT2D eigenvalue weighted by Gasteiger charge is -2.14. The molecule has 2 rings (SSSR count). The van der Waals surface area contributed by atoms with Crippen molar-refractivity contribution in [2.45, 2.75) is 13.3 Å². The highest BCUT2D eigenvalue weighted by molar-refractivity contribution is 5.73. The Morgan fingerprint density at radius 1 is 1.41 bits per heavy atom. The van der Waals surface area contributed by atoms with Crippen molar-refractivity contribution in [3.8, 4) is 0 Å². The highest BCUT2D eigenvalue weighted by Crippen LogP contribution is 2.17. The van der Waals surface area contributed by atoms with Gasteiger partial charge in [-0.15, -0.1) is 0 Å². The molecule has 0 amide bonds. The predicted octanol–water partition coefficient (Wildman–Crippen LogP) is 2.21. The first-order chi connectivity index (χ1) is 8.19. The molecule has 0 aliphatic heterocycles. The van der Waals surface area contributed by atoms with Crippen molar-refractivity contribution in [1.82, 2.24) is 9.88 Å². The Bertz CT molecular complexity index is 493. The summed E-state index contributed by atoms with van der Waals surface area (Å²) in [6.07, 6.45) is 0.982. The van der Waals surface area contributed by atoms with Crippen LogP contribution in [0.1, 0.15) is 11.5 Å². The molecule has 1 aromatic carbocycles. The normalized spacial score (nSPS) is 11.5. The number of benzene rings is 1. The molecule has 0 saturated carbocycles. The van der Waals surface area contributed by atoms with E-state index in [1.54, 1.807) is 7.11 Å². The number of aromatic nitrogens is 1. The van der Waals surface area contributed by atoms with E-state index in [9.17, 15) is 0 Å². The maximum atomic E-state index is 5.51. The van der Waals surface area contributed by atoms with Crippen molar-refractivity contribution >= 4 is 11.1 Å². The second kappa shape index (κ2) is 5.29. The molecule has 0 aliphatic rings. The number of likely N-dealkylation sites (N-methyl/N-ethyl adjacent to an activating group) is 1. The Kier molecular flexibility index (Phi) is 3.76. The molecular formula is C13H18N2O2. The lowest BCUT2D eigenvalue weighted by Crippen LogP contribution is -2.23. The summed E-state index contributed by atoms with van der Waals surface area (Å²) in [5, 5.41) is 0. The third kappa shape index (κ3) is 3.05. The summed E-state index contributed by atoms with van der Waals surface area (Å²) in [7, 11) is 3.75. The van der Waals surface area contributed by atoms with E-state index in [2.05, 4.69) is 22.0 Å². The van der Waals surface area contributed by atoms with Gasteiger partial charge < -0.3 is 9.15 Å². The van der Waals surface area contributed by atoms with E-state index in [0.717, 1.165) is 24.1 Å². The average molecular weight is 234 g/mol. The summed E-state index contributed by atoms with van der Waals surface area (Å²) in [5.74, 6) is 0.716. The fraction of sp³-hybridized carbons (Fsp3) is 0.462. The van der Waals surface area contributed by atoms with Crippen LogP contribution in [0.25, 0.3) is 11.1 Å². The fourth-order valence-electron chi connectivity index (χ4n) is 1.84. The maximum Gasteiger partial charge on any atom is 0.192 e. The highest BCUT2D eigenvalue weighted by atomic mass is 16.5. The summed E-state index contributed by atoms with van der Waals surface area (Å²) in [5.41, 5.74) is 3.06. The third-order valence-electron chi connectivity index (χ3n) is 2.69. The van der Waals surface area contributed by atoms with Crippen LogP contribution >= 0.6 is 0 Å². The largest absolute Gasteiger partial charge is 0.441 e. The second-order valence-electron chi connectivity index (χ2n) is 4.28. The molecule has 92 valence electrons. The second-order valence-corrected chi connectivity index (χ2v) is 4.28. The topological polar surface area (TPSA) is 38.5 Å². The van der Waals surface area contributed by atoms with E-state index in [1.807, 2.05) is 20.0 Å². The van der Waals surface area contributed by atoms with Gasteiger partial charge in [-0.25, -0.2) is 4.98 Å². The number of hydrogen-bond donors (Lipinski definition) is 0. The molecular weight excluding hydrogens is 216 g/mol. The van der Waals surface area contributed by atoms with Crippen LogP contribution in [0.3, 0.4) is 0 Å². The Balaban J connectivity index is 2.03. The van der Waals surface area contributed by atoms with Crippen molar-refractivity contribution in [3.63, 3.8) is 0 Å². The summed E-state index contributed by atoms with van der Waals surface area (Å²) < 4.78 is 10.6. The molecule has 2 aromatic rings. The van der Waals surface area contributed by atoms with Gasteiger partial charge in [0.1, 0.15) is 5.52 Å². The summed E-state index contributed by atoms with van der Waals surface area (Å²) in [4.78, 5) is 6.42. The van der Waals surface area contributed by atoms with Gasteiger partial charge in [0.25, 0.3) is 0 Å². The van der Waals surface area contributed by atoms with Gasteiger partial charge >= 0.3 is 0 Å². The molecule has 0 saturated heterocycles. The molecule has 0 bridgehead atoms. The predicted molar refractivity (Wildman–Crippen MR) is 67.0 cm³/mol. The molecule has 0 fully saturated rings. The monoisotopic (exact) mass is 234 g/mol. The van der Waals surface area contributed by atoms with Crippen molar-refractivity contribution in [2.24, 2.45) is 0 Å². The molecule has 17 heavy (non-hydrogen) atoms. The number of aryl methyl sites for hydroxylation is 1. The minimum Gasteiger partial charge on any atom is -0.441 e. The minimum absolute atomic E-state index is 0.656. The van der Waals surface area contributed by atoms with E-state index >= 15 is 0 Å². The van der Waals surface area contributed by atoms with Gasteiger partial charge in [-0.2, -0.15) is 0 Å². The van der Waals surface area contributed by atoms with E-state index in [1.165, 1.54) is 5.56 Å². The Labute approximate surface area is 101 Å². The Morgan fingerprint density at radius 2 is 2.24 bits per heavy atom. The lowest BCUT2D eigenvalue weighted by atomic mass is 10.1. The molecule has 0 spiro atoms. The van der Waals surface area contributed by atoms with Crippen molar-refractivity contribution in [1.29, 1.82) is 0 Å². The van der Waals surface area contributed by atoms with Gasteiger partial charge in [0.2, 0.25) is 0 Å². The average Bonchev–Trinajstić information content (AvgIpc) is 2.66. The Morgan fingerprint density at radius 3 is 3.00 bits per heavy atom. The number of fused-ring (bicyclic) bond motifs is 1. The van der Waals surface area contributed by atoms with Crippen LogP contribution in [0.15, 0.2) is 22.6 Å². The highest BCUT2D eigenvalue weighted by Gasteiger charge is 2.04. The van der Waals surface area contributed by atoms with Crippen molar-refractivity contribution < 1.29 is 9.15 Å². The number of rotatable bonds is 5. The molecule has 0 atom stereocenters. The molecule has 0 N–H and O–H groups in total. The number of oxazole rings is 1.